The van der Waals surface area contributed by atoms with E-state index in [0.29, 0.717) is 30.9 Å². The minimum atomic E-state index is -0.446. The lowest BCUT2D eigenvalue weighted by atomic mass is 9.91. The van der Waals surface area contributed by atoms with Gasteiger partial charge in [-0.3, -0.25) is 19.4 Å². The van der Waals surface area contributed by atoms with Gasteiger partial charge in [0.15, 0.2) is 5.78 Å². The number of carbonyl (C=O) groups excluding carboxylic acids is 2. The number of carbonyl (C=O) groups is 2. The van der Waals surface area contributed by atoms with E-state index in [2.05, 4.69) is 15.0 Å². The summed E-state index contributed by atoms with van der Waals surface area (Å²) in [6.07, 6.45) is 4.34. The fourth-order valence-electron chi connectivity index (χ4n) is 3.19. The number of aromatic amines is 1. The maximum absolute atomic E-state index is 12.8. The maximum atomic E-state index is 12.8. The third-order valence-corrected chi connectivity index (χ3v) is 4.74. The van der Waals surface area contributed by atoms with Gasteiger partial charge in [-0.2, -0.15) is 0 Å². The highest BCUT2D eigenvalue weighted by Gasteiger charge is 2.31. The maximum Gasteiger partial charge on any atom is 0.263 e. The Balaban J connectivity index is 1.77. The Labute approximate surface area is 157 Å². The average molecular weight is 368 g/mol. The molecule has 1 saturated heterocycles. The van der Waals surface area contributed by atoms with Gasteiger partial charge < -0.3 is 9.88 Å². The van der Waals surface area contributed by atoms with Crippen LogP contribution in [0, 0.1) is 5.92 Å². The van der Waals surface area contributed by atoms with Gasteiger partial charge in [-0.15, -0.1) is 0 Å². The van der Waals surface area contributed by atoms with Crippen LogP contribution in [0.4, 0.5) is 0 Å². The molecule has 0 saturated carbocycles. The molecule has 2 aromatic rings. The standard InChI is InChI=1S/C20H24N4O3/c1-20(2,3)19-22-11-14(17(26)23-19)18(27)24-10-6-7-13(12-24)16(25)15-8-4-5-9-21-15/h4-5,8-9,11,13H,6-7,10,12H2,1-3H3,(H,22,23,26)/t13-/m0/s1. The Morgan fingerprint density at radius 3 is 2.63 bits per heavy atom. The smallest absolute Gasteiger partial charge is 0.263 e. The van der Waals surface area contributed by atoms with Crippen molar-refractivity contribution < 1.29 is 9.59 Å². The molecule has 3 rings (SSSR count). The molecule has 0 spiro atoms. The lowest BCUT2D eigenvalue weighted by Gasteiger charge is -2.31. The van der Waals surface area contributed by atoms with Crippen LogP contribution in [-0.4, -0.2) is 44.6 Å². The van der Waals surface area contributed by atoms with Crippen LogP contribution >= 0.6 is 0 Å². The van der Waals surface area contributed by atoms with E-state index in [1.54, 1.807) is 29.3 Å². The highest BCUT2D eigenvalue weighted by atomic mass is 16.2. The highest BCUT2D eigenvalue weighted by molar-refractivity contribution is 5.97. The molecule has 1 amide bonds. The van der Waals surface area contributed by atoms with Gasteiger partial charge >= 0.3 is 0 Å². The minimum absolute atomic E-state index is 0.00827. The molecule has 1 N–H and O–H groups in total. The Morgan fingerprint density at radius 2 is 2.00 bits per heavy atom. The van der Waals surface area contributed by atoms with Crippen LogP contribution in [0.2, 0.25) is 0 Å². The van der Waals surface area contributed by atoms with Gasteiger partial charge in [-0.1, -0.05) is 26.8 Å². The third kappa shape index (κ3) is 4.13. The van der Waals surface area contributed by atoms with Crippen molar-refractivity contribution >= 4 is 11.7 Å². The average Bonchev–Trinajstić information content (AvgIpc) is 2.67. The second-order valence-corrected chi connectivity index (χ2v) is 7.89. The van der Waals surface area contributed by atoms with Crippen molar-refractivity contribution in [2.24, 2.45) is 5.92 Å². The molecule has 3 heterocycles. The van der Waals surface area contributed by atoms with Crippen LogP contribution in [0.25, 0.3) is 0 Å². The van der Waals surface area contributed by atoms with Gasteiger partial charge in [-0.05, 0) is 25.0 Å². The van der Waals surface area contributed by atoms with Crippen LogP contribution in [0.3, 0.4) is 0 Å². The highest BCUT2D eigenvalue weighted by Crippen LogP contribution is 2.22. The molecule has 1 aliphatic rings. The molecule has 1 atom stereocenters. The molecule has 0 bridgehead atoms. The molecule has 2 aromatic heterocycles. The molecule has 142 valence electrons. The van der Waals surface area contributed by atoms with Crippen LogP contribution < -0.4 is 5.56 Å². The van der Waals surface area contributed by atoms with Gasteiger partial charge in [0.1, 0.15) is 17.1 Å². The molecular weight excluding hydrogens is 344 g/mol. The number of hydrogen-bond donors (Lipinski definition) is 1. The van der Waals surface area contributed by atoms with E-state index in [1.165, 1.54) is 6.20 Å². The summed E-state index contributed by atoms with van der Waals surface area (Å²) in [7, 11) is 0. The number of amides is 1. The fraction of sp³-hybridized carbons (Fsp3) is 0.450. The number of H-pyrrole nitrogens is 1. The summed E-state index contributed by atoms with van der Waals surface area (Å²) in [6, 6.07) is 5.21. The SMILES string of the molecule is CC(C)(C)c1ncc(C(=O)N2CCC[C@H](C(=O)c3ccccn3)C2)c(=O)[nH]1. The lowest BCUT2D eigenvalue weighted by molar-refractivity contribution is 0.0633. The zero-order valence-electron chi connectivity index (χ0n) is 15.9. The first kappa shape index (κ1) is 18.9. The van der Waals surface area contributed by atoms with E-state index in [0.717, 1.165) is 0 Å². The number of rotatable bonds is 3. The number of nitrogens with zero attached hydrogens (tertiary/aromatic N) is 3. The lowest BCUT2D eigenvalue weighted by Crippen LogP contribution is -2.44. The largest absolute Gasteiger partial charge is 0.338 e. The van der Waals surface area contributed by atoms with Crippen LogP contribution in [-0.2, 0) is 5.41 Å². The van der Waals surface area contributed by atoms with Gasteiger partial charge in [-0.25, -0.2) is 4.98 Å². The zero-order chi connectivity index (χ0) is 19.6. The van der Waals surface area contributed by atoms with E-state index in [9.17, 15) is 14.4 Å². The van der Waals surface area contributed by atoms with E-state index in [1.807, 2.05) is 20.8 Å². The molecule has 0 aromatic carbocycles. The number of ketones is 1. The topological polar surface area (TPSA) is 96.0 Å². The summed E-state index contributed by atoms with van der Waals surface area (Å²) in [6.45, 7) is 6.61. The summed E-state index contributed by atoms with van der Waals surface area (Å²) in [5.41, 5.74) is -0.343. The quantitative estimate of drug-likeness (QED) is 0.838. The molecular formula is C20H24N4O3. The second-order valence-electron chi connectivity index (χ2n) is 7.89. The fourth-order valence-corrected chi connectivity index (χ4v) is 3.19. The van der Waals surface area contributed by atoms with Crippen LogP contribution in [0.5, 0.6) is 0 Å². The summed E-state index contributed by atoms with van der Waals surface area (Å²) in [5.74, 6) is -0.227. The van der Waals surface area contributed by atoms with Crippen molar-refractivity contribution in [3.8, 4) is 0 Å². The number of hydrogen-bond acceptors (Lipinski definition) is 5. The van der Waals surface area contributed by atoms with Crippen molar-refractivity contribution in [2.75, 3.05) is 13.1 Å². The predicted octanol–water partition coefficient (Wildman–Crippen LogP) is 2.20. The number of likely N-dealkylation sites (tertiary alicyclic amines) is 1. The van der Waals surface area contributed by atoms with Crippen molar-refractivity contribution in [2.45, 2.75) is 39.0 Å². The summed E-state index contributed by atoms with van der Waals surface area (Å²) >= 11 is 0. The Kier molecular flexibility index (Phi) is 5.21. The number of aromatic nitrogens is 3. The monoisotopic (exact) mass is 368 g/mol. The van der Waals surface area contributed by atoms with Crippen molar-refractivity contribution in [3.63, 3.8) is 0 Å². The van der Waals surface area contributed by atoms with Gasteiger partial charge in [0.25, 0.3) is 11.5 Å². The molecule has 7 nitrogen and oxygen atoms in total. The summed E-state index contributed by atoms with van der Waals surface area (Å²) in [4.78, 5) is 50.5. The van der Waals surface area contributed by atoms with Crippen molar-refractivity contribution in [1.29, 1.82) is 0 Å². The van der Waals surface area contributed by atoms with Crippen LogP contribution in [0.15, 0.2) is 35.4 Å². The summed E-state index contributed by atoms with van der Waals surface area (Å²) in [5, 5.41) is 0. The van der Waals surface area contributed by atoms with Gasteiger partial charge in [0, 0.05) is 36.8 Å². The third-order valence-electron chi connectivity index (χ3n) is 4.74. The van der Waals surface area contributed by atoms with E-state index in [-0.39, 0.29) is 35.1 Å². The minimum Gasteiger partial charge on any atom is -0.338 e. The van der Waals surface area contributed by atoms with Gasteiger partial charge in [0.2, 0.25) is 0 Å². The Hall–Kier alpha value is -2.83. The van der Waals surface area contributed by atoms with E-state index < -0.39 is 5.56 Å². The summed E-state index contributed by atoms with van der Waals surface area (Å²) < 4.78 is 0. The normalized spacial score (nSPS) is 17.6. The van der Waals surface area contributed by atoms with Gasteiger partial charge in [0.05, 0.1) is 0 Å². The molecule has 1 fully saturated rings. The van der Waals surface area contributed by atoms with Crippen LogP contribution in [0.1, 0.15) is 60.3 Å². The van der Waals surface area contributed by atoms with Crippen molar-refractivity contribution in [3.05, 3.63) is 58.0 Å². The molecule has 7 heteroatoms. The first-order valence-corrected chi connectivity index (χ1v) is 9.11. The zero-order valence-corrected chi connectivity index (χ0v) is 15.9. The number of Topliss-reactive ketones (excluding diaryl/α,β-unsaturated/α-hetero) is 1. The van der Waals surface area contributed by atoms with E-state index in [4.69, 9.17) is 0 Å². The molecule has 27 heavy (non-hydrogen) atoms. The molecule has 0 aliphatic carbocycles. The molecule has 0 unspecified atom stereocenters. The van der Waals surface area contributed by atoms with E-state index >= 15 is 0 Å². The first-order valence-electron chi connectivity index (χ1n) is 9.11. The molecule has 0 radical (unpaired) electrons. The predicted molar refractivity (Wildman–Crippen MR) is 101 cm³/mol. The Bertz CT molecular complexity index is 899. The number of piperidine rings is 1. The second kappa shape index (κ2) is 7.42. The van der Waals surface area contributed by atoms with Crippen molar-refractivity contribution in [1.82, 2.24) is 19.9 Å². The number of pyridine rings is 1. The molecule has 1 aliphatic heterocycles. The first-order chi connectivity index (χ1) is 12.8. The Morgan fingerprint density at radius 1 is 1.22 bits per heavy atom. The number of nitrogens with one attached hydrogen (secondary N) is 1.